The number of methoxy groups -OCH3 is 2. The summed E-state index contributed by atoms with van der Waals surface area (Å²) in [4.78, 5) is 12.8. The number of anilines is 1. The number of pyridine rings is 1. The summed E-state index contributed by atoms with van der Waals surface area (Å²) in [5.41, 5.74) is 1.07. The summed E-state index contributed by atoms with van der Waals surface area (Å²) < 4.78 is 15.6. The Balaban J connectivity index is 2.04. The Bertz CT molecular complexity index is 566. The molecule has 0 amide bonds. The molecule has 0 aliphatic rings. The molecule has 0 saturated carbocycles. The van der Waals surface area contributed by atoms with E-state index in [2.05, 4.69) is 20.3 Å². The van der Waals surface area contributed by atoms with Crippen molar-refractivity contribution in [3.63, 3.8) is 0 Å². The zero-order valence-corrected chi connectivity index (χ0v) is 12.8. The standard InChI is InChI=1S/C15H20N4O3/c1-20-6-7-22-15-8-13(18-14(19-15)11-21-2)17-10-12-4-3-5-16-9-12/h3-5,8-9H,6-7,10-11H2,1-2H3,(H,17,18,19). The monoisotopic (exact) mass is 304 g/mol. The SMILES string of the molecule is COCCOc1cc(NCc2cccnc2)nc(COC)n1. The average Bonchev–Trinajstić information content (AvgIpc) is 2.54. The van der Waals surface area contributed by atoms with Gasteiger partial charge in [0.1, 0.15) is 19.0 Å². The molecule has 118 valence electrons. The highest BCUT2D eigenvalue weighted by Gasteiger charge is 2.06. The lowest BCUT2D eigenvalue weighted by Crippen LogP contribution is -2.10. The van der Waals surface area contributed by atoms with Crippen molar-refractivity contribution in [1.29, 1.82) is 0 Å². The van der Waals surface area contributed by atoms with Gasteiger partial charge in [0.05, 0.1) is 6.61 Å². The van der Waals surface area contributed by atoms with Gasteiger partial charge in [-0.2, -0.15) is 4.98 Å². The van der Waals surface area contributed by atoms with E-state index in [-0.39, 0.29) is 0 Å². The van der Waals surface area contributed by atoms with Gasteiger partial charge in [-0.05, 0) is 11.6 Å². The Hall–Kier alpha value is -2.25. The minimum atomic E-state index is 0.322. The van der Waals surface area contributed by atoms with Gasteiger partial charge in [0.15, 0.2) is 5.82 Å². The topological polar surface area (TPSA) is 78.4 Å². The zero-order valence-electron chi connectivity index (χ0n) is 12.8. The predicted octanol–water partition coefficient (Wildman–Crippen LogP) is 1.66. The van der Waals surface area contributed by atoms with Crippen molar-refractivity contribution < 1.29 is 14.2 Å². The maximum atomic E-state index is 5.54. The third-order valence-electron chi connectivity index (χ3n) is 2.76. The zero-order chi connectivity index (χ0) is 15.6. The lowest BCUT2D eigenvalue weighted by Gasteiger charge is -2.10. The maximum absolute atomic E-state index is 5.54. The van der Waals surface area contributed by atoms with Crippen molar-refractivity contribution in [1.82, 2.24) is 15.0 Å². The molecule has 7 heteroatoms. The second-order valence-electron chi connectivity index (χ2n) is 4.50. The van der Waals surface area contributed by atoms with Gasteiger partial charge in [0.25, 0.3) is 0 Å². The summed E-state index contributed by atoms with van der Waals surface area (Å²) >= 11 is 0. The van der Waals surface area contributed by atoms with Crippen molar-refractivity contribution in [3.8, 4) is 5.88 Å². The van der Waals surface area contributed by atoms with Crippen LogP contribution in [-0.4, -0.2) is 42.4 Å². The molecule has 0 aliphatic carbocycles. The first kappa shape index (κ1) is 16.1. The molecule has 2 heterocycles. The molecule has 2 aromatic heterocycles. The fraction of sp³-hybridized carbons (Fsp3) is 0.400. The molecule has 2 aromatic rings. The molecular formula is C15H20N4O3. The molecule has 0 radical (unpaired) electrons. The van der Waals surface area contributed by atoms with E-state index in [0.29, 0.717) is 43.9 Å². The third kappa shape index (κ3) is 5.27. The molecule has 0 unspecified atom stereocenters. The molecule has 0 aliphatic heterocycles. The van der Waals surface area contributed by atoms with E-state index in [4.69, 9.17) is 14.2 Å². The van der Waals surface area contributed by atoms with Crippen molar-refractivity contribution in [2.24, 2.45) is 0 Å². The van der Waals surface area contributed by atoms with Crippen LogP contribution >= 0.6 is 0 Å². The van der Waals surface area contributed by atoms with Gasteiger partial charge in [-0.15, -0.1) is 0 Å². The van der Waals surface area contributed by atoms with E-state index < -0.39 is 0 Å². The number of rotatable bonds is 9. The normalized spacial score (nSPS) is 10.5. The Kier molecular flexibility index (Phi) is 6.53. The van der Waals surface area contributed by atoms with Crippen molar-refractivity contribution >= 4 is 5.82 Å². The van der Waals surface area contributed by atoms with Crippen LogP contribution < -0.4 is 10.1 Å². The summed E-state index contributed by atoms with van der Waals surface area (Å²) in [6, 6.07) is 5.64. The molecule has 0 bridgehead atoms. The van der Waals surface area contributed by atoms with Crippen LogP contribution in [0.2, 0.25) is 0 Å². The molecule has 0 saturated heterocycles. The van der Waals surface area contributed by atoms with E-state index >= 15 is 0 Å². The average molecular weight is 304 g/mol. The van der Waals surface area contributed by atoms with Crippen LogP contribution in [0.4, 0.5) is 5.82 Å². The molecule has 2 rings (SSSR count). The van der Waals surface area contributed by atoms with Crippen LogP contribution in [0, 0.1) is 0 Å². The minimum absolute atomic E-state index is 0.322. The van der Waals surface area contributed by atoms with E-state index in [1.807, 2.05) is 12.1 Å². The Morgan fingerprint density at radius 3 is 2.77 bits per heavy atom. The first-order chi connectivity index (χ1) is 10.8. The Labute approximate surface area is 129 Å². The highest BCUT2D eigenvalue weighted by atomic mass is 16.5. The Morgan fingerprint density at radius 2 is 2.05 bits per heavy atom. The summed E-state index contributed by atoms with van der Waals surface area (Å²) in [5.74, 6) is 1.73. The quantitative estimate of drug-likeness (QED) is 0.706. The number of ether oxygens (including phenoxy) is 3. The smallest absolute Gasteiger partial charge is 0.218 e. The van der Waals surface area contributed by atoms with Gasteiger partial charge in [-0.3, -0.25) is 4.98 Å². The lowest BCUT2D eigenvalue weighted by molar-refractivity contribution is 0.142. The second-order valence-corrected chi connectivity index (χ2v) is 4.50. The summed E-state index contributed by atoms with van der Waals surface area (Å²) in [6.07, 6.45) is 3.55. The first-order valence-corrected chi connectivity index (χ1v) is 6.93. The summed E-state index contributed by atoms with van der Waals surface area (Å²) in [5, 5.41) is 3.23. The van der Waals surface area contributed by atoms with Crippen LogP contribution in [0.5, 0.6) is 5.88 Å². The van der Waals surface area contributed by atoms with Crippen LogP contribution in [-0.2, 0) is 22.6 Å². The lowest BCUT2D eigenvalue weighted by atomic mass is 10.3. The summed E-state index contributed by atoms with van der Waals surface area (Å²) in [7, 11) is 3.23. The number of hydrogen-bond acceptors (Lipinski definition) is 7. The number of nitrogens with one attached hydrogen (secondary N) is 1. The third-order valence-corrected chi connectivity index (χ3v) is 2.76. The molecule has 0 fully saturated rings. The highest BCUT2D eigenvalue weighted by molar-refractivity contribution is 5.39. The molecule has 1 N–H and O–H groups in total. The van der Waals surface area contributed by atoms with E-state index in [0.717, 1.165) is 5.56 Å². The van der Waals surface area contributed by atoms with Crippen molar-refractivity contribution in [3.05, 3.63) is 42.0 Å². The van der Waals surface area contributed by atoms with Gasteiger partial charge in [0, 0.05) is 39.2 Å². The van der Waals surface area contributed by atoms with E-state index in [1.54, 1.807) is 32.7 Å². The number of hydrogen-bond donors (Lipinski definition) is 1. The van der Waals surface area contributed by atoms with Gasteiger partial charge >= 0.3 is 0 Å². The minimum Gasteiger partial charge on any atom is -0.475 e. The number of nitrogens with zero attached hydrogens (tertiary/aromatic N) is 3. The molecule has 0 atom stereocenters. The molecule has 7 nitrogen and oxygen atoms in total. The first-order valence-electron chi connectivity index (χ1n) is 6.93. The van der Waals surface area contributed by atoms with Crippen LogP contribution in [0.15, 0.2) is 30.6 Å². The van der Waals surface area contributed by atoms with Gasteiger partial charge in [-0.1, -0.05) is 6.07 Å². The highest BCUT2D eigenvalue weighted by Crippen LogP contribution is 2.15. The van der Waals surface area contributed by atoms with Gasteiger partial charge in [0.2, 0.25) is 5.88 Å². The fourth-order valence-electron chi connectivity index (χ4n) is 1.76. The van der Waals surface area contributed by atoms with Crippen LogP contribution in [0.25, 0.3) is 0 Å². The van der Waals surface area contributed by atoms with Crippen molar-refractivity contribution in [2.75, 3.05) is 32.8 Å². The molecule has 0 aromatic carbocycles. The molecular weight excluding hydrogens is 284 g/mol. The second kappa shape index (κ2) is 8.91. The fourth-order valence-corrected chi connectivity index (χ4v) is 1.76. The maximum Gasteiger partial charge on any atom is 0.218 e. The number of aromatic nitrogens is 3. The van der Waals surface area contributed by atoms with Crippen LogP contribution in [0.1, 0.15) is 11.4 Å². The predicted molar refractivity (Wildman–Crippen MR) is 81.7 cm³/mol. The van der Waals surface area contributed by atoms with Gasteiger partial charge < -0.3 is 19.5 Å². The molecule has 22 heavy (non-hydrogen) atoms. The van der Waals surface area contributed by atoms with Crippen molar-refractivity contribution in [2.45, 2.75) is 13.2 Å². The Morgan fingerprint density at radius 1 is 1.14 bits per heavy atom. The molecule has 0 spiro atoms. The van der Waals surface area contributed by atoms with E-state index in [1.165, 1.54) is 0 Å². The van der Waals surface area contributed by atoms with E-state index in [9.17, 15) is 0 Å². The summed E-state index contributed by atoms with van der Waals surface area (Å²) in [6.45, 7) is 1.88. The van der Waals surface area contributed by atoms with Crippen LogP contribution in [0.3, 0.4) is 0 Å². The largest absolute Gasteiger partial charge is 0.475 e. The van der Waals surface area contributed by atoms with Gasteiger partial charge in [-0.25, -0.2) is 4.98 Å².